The smallest absolute Gasteiger partial charge is 0.273 e. The van der Waals surface area contributed by atoms with E-state index in [0.717, 1.165) is 31.5 Å². The van der Waals surface area contributed by atoms with E-state index in [-0.39, 0.29) is 5.91 Å². The maximum Gasteiger partial charge on any atom is 0.273 e. The Kier molecular flexibility index (Phi) is 4.75. The molecule has 0 radical (unpaired) electrons. The van der Waals surface area contributed by atoms with Crippen LogP contribution in [0.15, 0.2) is 34.9 Å². The number of piperidine rings is 1. The second-order valence-corrected chi connectivity index (χ2v) is 5.84. The van der Waals surface area contributed by atoms with Crippen molar-refractivity contribution in [1.82, 2.24) is 15.6 Å². The van der Waals surface area contributed by atoms with Crippen LogP contribution in [-0.4, -0.2) is 24.0 Å². The Morgan fingerprint density at radius 1 is 1.41 bits per heavy atom. The second kappa shape index (κ2) is 6.94. The van der Waals surface area contributed by atoms with Crippen molar-refractivity contribution in [2.75, 3.05) is 13.1 Å². The number of rotatable bonds is 4. The molecule has 3 rings (SSSR count). The van der Waals surface area contributed by atoms with Crippen LogP contribution in [0.5, 0.6) is 0 Å². The third kappa shape index (κ3) is 3.67. The Labute approximate surface area is 134 Å². The number of hydrogen-bond donors (Lipinski definition) is 2. The van der Waals surface area contributed by atoms with Gasteiger partial charge in [-0.1, -0.05) is 23.7 Å². The van der Waals surface area contributed by atoms with Crippen molar-refractivity contribution >= 4 is 17.5 Å². The predicted octanol–water partition coefficient (Wildman–Crippen LogP) is 2.73. The molecule has 1 aromatic heterocycles. The first-order valence-corrected chi connectivity index (χ1v) is 7.79. The molecule has 2 N–H and O–H groups in total. The van der Waals surface area contributed by atoms with Crippen LogP contribution in [-0.2, 0) is 6.54 Å². The van der Waals surface area contributed by atoms with Crippen molar-refractivity contribution < 1.29 is 9.21 Å². The summed E-state index contributed by atoms with van der Waals surface area (Å²) in [6.45, 7) is 2.33. The highest BCUT2D eigenvalue weighted by atomic mass is 35.5. The van der Waals surface area contributed by atoms with E-state index in [1.807, 2.05) is 18.2 Å². The van der Waals surface area contributed by atoms with Crippen LogP contribution in [0.25, 0.3) is 0 Å². The Bertz CT molecular complexity index is 650. The summed E-state index contributed by atoms with van der Waals surface area (Å²) in [6.07, 6.45) is 3.42. The molecule has 5 nitrogen and oxygen atoms in total. The normalized spacial score (nSPS) is 15.7. The maximum absolute atomic E-state index is 12.1. The average Bonchev–Trinajstić information content (AvgIpc) is 3.04. The van der Waals surface area contributed by atoms with Gasteiger partial charge in [-0.2, -0.15) is 0 Å². The lowest BCUT2D eigenvalue weighted by Crippen LogP contribution is -2.27. The third-order valence-electron chi connectivity index (χ3n) is 3.79. The third-order valence-corrected chi connectivity index (χ3v) is 4.02. The summed E-state index contributed by atoms with van der Waals surface area (Å²) in [5, 5.41) is 6.78. The summed E-state index contributed by atoms with van der Waals surface area (Å²) in [5.41, 5.74) is 1.28. The highest BCUT2D eigenvalue weighted by Crippen LogP contribution is 2.24. The largest absolute Gasteiger partial charge is 0.448 e. The predicted molar refractivity (Wildman–Crippen MR) is 84.0 cm³/mol. The molecule has 0 saturated carbocycles. The number of oxazole rings is 1. The zero-order valence-corrected chi connectivity index (χ0v) is 12.9. The minimum atomic E-state index is -0.232. The number of amides is 1. The van der Waals surface area contributed by atoms with Crippen LogP contribution in [0, 0.1) is 0 Å². The van der Waals surface area contributed by atoms with Crippen LogP contribution in [0.1, 0.15) is 40.7 Å². The van der Waals surface area contributed by atoms with Crippen LogP contribution in [0.2, 0.25) is 5.02 Å². The fraction of sp³-hybridized carbons (Fsp3) is 0.375. The van der Waals surface area contributed by atoms with Gasteiger partial charge in [0.1, 0.15) is 6.26 Å². The lowest BCUT2D eigenvalue weighted by molar-refractivity contribution is 0.0946. The van der Waals surface area contributed by atoms with Gasteiger partial charge in [-0.05, 0) is 43.6 Å². The molecule has 1 saturated heterocycles. The molecule has 2 aromatic rings. The summed E-state index contributed by atoms with van der Waals surface area (Å²) < 4.78 is 5.48. The minimum Gasteiger partial charge on any atom is -0.448 e. The van der Waals surface area contributed by atoms with Crippen molar-refractivity contribution in [1.29, 1.82) is 0 Å². The molecule has 1 aliphatic rings. The van der Waals surface area contributed by atoms with E-state index in [1.165, 1.54) is 6.26 Å². The number of halogens is 1. The van der Waals surface area contributed by atoms with Crippen LogP contribution < -0.4 is 10.6 Å². The van der Waals surface area contributed by atoms with Crippen molar-refractivity contribution in [3.8, 4) is 0 Å². The molecule has 0 spiro atoms. The number of nitrogens with one attached hydrogen (secondary N) is 2. The molecule has 0 atom stereocenters. The molecule has 116 valence electrons. The average molecular weight is 320 g/mol. The first-order chi connectivity index (χ1) is 10.7. The zero-order valence-electron chi connectivity index (χ0n) is 12.1. The minimum absolute atomic E-state index is 0.232. The summed E-state index contributed by atoms with van der Waals surface area (Å²) in [5.74, 6) is 0.731. The first kappa shape index (κ1) is 15.1. The highest BCUT2D eigenvalue weighted by molar-refractivity contribution is 6.30. The van der Waals surface area contributed by atoms with Gasteiger partial charge >= 0.3 is 0 Å². The Hall–Kier alpha value is -1.85. The molecule has 1 aliphatic heterocycles. The number of hydrogen-bond acceptors (Lipinski definition) is 4. The van der Waals surface area contributed by atoms with Gasteiger partial charge < -0.3 is 15.1 Å². The fourth-order valence-electron chi connectivity index (χ4n) is 2.57. The molecule has 1 amide bonds. The van der Waals surface area contributed by atoms with E-state index >= 15 is 0 Å². The van der Waals surface area contributed by atoms with E-state index in [0.29, 0.717) is 29.1 Å². The van der Waals surface area contributed by atoms with E-state index in [2.05, 4.69) is 15.6 Å². The topological polar surface area (TPSA) is 67.2 Å². The molecule has 1 fully saturated rings. The number of aromatic nitrogens is 1. The van der Waals surface area contributed by atoms with Crippen molar-refractivity contribution in [3.63, 3.8) is 0 Å². The number of nitrogens with zero attached hydrogens (tertiary/aromatic N) is 1. The molecule has 22 heavy (non-hydrogen) atoms. The first-order valence-electron chi connectivity index (χ1n) is 7.41. The van der Waals surface area contributed by atoms with Crippen LogP contribution in [0.3, 0.4) is 0 Å². The van der Waals surface area contributed by atoms with Crippen molar-refractivity contribution in [2.24, 2.45) is 0 Å². The van der Waals surface area contributed by atoms with Gasteiger partial charge in [0.05, 0.1) is 0 Å². The van der Waals surface area contributed by atoms with E-state index < -0.39 is 0 Å². The van der Waals surface area contributed by atoms with E-state index in [1.54, 1.807) is 6.07 Å². The van der Waals surface area contributed by atoms with E-state index in [9.17, 15) is 4.79 Å². The van der Waals surface area contributed by atoms with Gasteiger partial charge in [0, 0.05) is 17.5 Å². The monoisotopic (exact) mass is 319 g/mol. The Morgan fingerprint density at radius 2 is 2.23 bits per heavy atom. The number of benzene rings is 1. The standard InChI is InChI=1S/C16H18ClN3O2/c17-13-3-1-2-11(8-13)9-19-15(21)14-10-22-16(20-14)12-4-6-18-7-5-12/h1-3,8,10,12,18H,4-7,9H2,(H,19,21). The summed E-state index contributed by atoms with van der Waals surface area (Å²) in [7, 11) is 0. The fourth-order valence-corrected chi connectivity index (χ4v) is 2.78. The maximum atomic E-state index is 12.1. The summed E-state index contributed by atoms with van der Waals surface area (Å²) >= 11 is 5.92. The molecule has 6 heteroatoms. The number of carbonyl (C=O) groups is 1. The van der Waals surface area contributed by atoms with Crippen LogP contribution in [0.4, 0.5) is 0 Å². The quantitative estimate of drug-likeness (QED) is 0.909. The molecular formula is C16H18ClN3O2. The zero-order chi connectivity index (χ0) is 15.4. The van der Waals surface area contributed by atoms with Gasteiger partial charge in [-0.25, -0.2) is 4.98 Å². The molecule has 2 heterocycles. The summed E-state index contributed by atoms with van der Waals surface area (Å²) in [6, 6.07) is 7.39. The summed E-state index contributed by atoms with van der Waals surface area (Å²) in [4.78, 5) is 16.5. The van der Waals surface area contributed by atoms with Gasteiger partial charge in [-0.3, -0.25) is 4.79 Å². The van der Waals surface area contributed by atoms with Gasteiger partial charge in [0.15, 0.2) is 11.6 Å². The van der Waals surface area contributed by atoms with Gasteiger partial charge in [-0.15, -0.1) is 0 Å². The van der Waals surface area contributed by atoms with E-state index in [4.69, 9.17) is 16.0 Å². The van der Waals surface area contributed by atoms with Crippen LogP contribution >= 0.6 is 11.6 Å². The lowest BCUT2D eigenvalue weighted by Gasteiger charge is -2.19. The molecule has 1 aromatic carbocycles. The molecule has 0 unspecified atom stereocenters. The van der Waals surface area contributed by atoms with Crippen molar-refractivity contribution in [3.05, 3.63) is 52.7 Å². The SMILES string of the molecule is O=C(NCc1cccc(Cl)c1)c1coc(C2CCNCC2)n1. The Balaban J connectivity index is 1.59. The van der Waals surface area contributed by atoms with Gasteiger partial charge in [0.25, 0.3) is 5.91 Å². The highest BCUT2D eigenvalue weighted by Gasteiger charge is 2.21. The Morgan fingerprint density at radius 3 is 3.00 bits per heavy atom. The lowest BCUT2D eigenvalue weighted by atomic mass is 9.98. The van der Waals surface area contributed by atoms with Crippen molar-refractivity contribution in [2.45, 2.75) is 25.3 Å². The molecule has 0 bridgehead atoms. The van der Waals surface area contributed by atoms with Gasteiger partial charge in [0.2, 0.25) is 0 Å². The molecular weight excluding hydrogens is 302 g/mol. The second-order valence-electron chi connectivity index (χ2n) is 5.41. The number of carbonyl (C=O) groups excluding carboxylic acids is 1. The molecule has 0 aliphatic carbocycles.